The third kappa shape index (κ3) is 2.57. The van der Waals surface area contributed by atoms with Crippen LogP contribution in [0.1, 0.15) is 15.9 Å². The van der Waals surface area contributed by atoms with Gasteiger partial charge in [0.25, 0.3) is 5.91 Å². The zero-order valence-electron chi connectivity index (χ0n) is 9.76. The van der Waals surface area contributed by atoms with Gasteiger partial charge in [-0.2, -0.15) is 0 Å². The molecule has 0 saturated heterocycles. The van der Waals surface area contributed by atoms with Crippen LogP contribution in [-0.4, -0.2) is 10.9 Å². The Bertz CT molecular complexity index is 554. The molecular weight excluding hydrogens is 228 g/mol. The summed E-state index contributed by atoms with van der Waals surface area (Å²) in [4.78, 5) is 15.1. The molecule has 92 valence electrons. The number of hydrogen-bond donors (Lipinski definition) is 3. The van der Waals surface area contributed by atoms with Gasteiger partial charge in [0.1, 0.15) is 0 Å². The lowest BCUT2D eigenvalue weighted by molar-refractivity contribution is 0.100. The highest BCUT2D eigenvalue weighted by atomic mass is 16.1. The first kappa shape index (κ1) is 11.9. The smallest absolute Gasteiger partial charge is 0.250 e. The van der Waals surface area contributed by atoms with E-state index in [1.807, 2.05) is 18.2 Å². The summed E-state index contributed by atoms with van der Waals surface area (Å²) < 4.78 is 0. The zero-order valence-corrected chi connectivity index (χ0v) is 9.76. The van der Waals surface area contributed by atoms with Crippen LogP contribution in [0.4, 0.5) is 11.4 Å². The Labute approximate surface area is 105 Å². The Kier molecular flexibility index (Phi) is 3.43. The predicted octanol–water partition coefficient (Wildman–Crippen LogP) is 1.37. The van der Waals surface area contributed by atoms with E-state index in [1.54, 1.807) is 24.5 Å². The minimum Gasteiger partial charge on any atom is -0.396 e. The number of amides is 1. The number of primary amides is 1. The van der Waals surface area contributed by atoms with E-state index in [0.29, 0.717) is 23.5 Å². The minimum atomic E-state index is -0.528. The largest absolute Gasteiger partial charge is 0.396 e. The summed E-state index contributed by atoms with van der Waals surface area (Å²) in [5.74, 6) is -0.528. The summed E-state index contributed by atoms with van der Waals surface area (Å²) in [6, 6.07) is 8.96. The molecule has 0 bridgehead atoms. The lowest BCUT2D eigenvalue weighted by atomic mass is 10.1. The second-order valence-corrected chi connectivity index (χ2v) is 3.84. The van der Waals surface area contributed by atoms with Crippen LogP contribution in [0.5, 0.6) is 0 Å². The highest BCUT2D eigenvalue weighted by Gasteiger charge is 2.08. The van der Waals surface area contributed by atoms with Crippen molar-refractivity contribution in [2.75, 3.05) is 11.1 Å². The number of nitrogen functional groups attached to an aromatic ring is 1. The van der Waals surface area contributed by atoms with Gasteiger partial charge in [-0.15, -0.1) is 0 Å². The van der Waals surface area contributed by atoms with E-state index in [2.05, 4.69) is 10.3 Å². The second-order valence-electron chi connectivity index (χ2n) is 3.84. The minimum absolute atomic E-state index is 0.328. The molecule has 1 aromatic heterocycles. The number of anilines is 2. The molecule has 0 unspecified atom stereocenters. The molecule has 2 aromatic rings. The summed E-state index contributed by atoms with van der Waals surface area (Å²) in [6.07, 6.45) is 3.44. The number of para-hydroxylation sites is 1. The van der Waals surface area contributed by atoms with Gasteiger partial charge in [0.05, 0.1) is 16.9 Å². The van der Waals surface area contributed by atoms with Gasteiger partial charge in [0.2, 0.25) is 0 Å². The number of nitrogens with two attached hydrogens (primary N) is 2. The molecule has 5 nitrogen and oxygen atoms in total. The lowest BCUT2D eigenvalue weighted by Gasteiger charge is -2.11. The topological polar surface area (TPSA) is 94.0 Å². The maximum atomic E-state index is 11.2. The van der Waals surface area contributed by atoms with Gasteiger partial charge in [-0.05, 0) is 29.8 Å². The molecule has 18 heavy (non-hydrogen) atoms. The van der Waals surface area contributed by atoms with E-state index in [1.165, 1.54) is 0 Å². The quantitative estimate of drug-likeness (QED) is 0.706. The van der Waals surface area contributed by atoms with Crippen LogP contribution in [0, 0.1) is 0 Å². The number of nitrogens with zero attached hydrogens (tertiary/aromatic N) is 1. The molecule has 1 heterocycles. The average Bonchev–Trinajstić information content (AvgIpc) is 2.38. The van der Waals surface area contributed by atoms with E-state index in [4.69, 9.17) is 11.5 Å². The van der Waals surface area contributed by atoms with Crippen molar-refractivity contribution >= 4 is 17.3 Å². The highest BCUT2D eigenvalue weighted by molar-refractivity contribution is 6.00. The molecule has 1 aromatic carbocycles. The van der Waals surface area contributed by atoms with Crippen LogP contribution in [0.25, 0.3) is 0 Å². The number of carbonyl (C=O) groups is 1. The molecule has 0 radical (unpaired) electrons. The fraction of sp³-hybridized carbons (Fsp3) is 0.0769. The molecule has 0 aliphatic carbocycles. The molecule has 1 amide bonds. The Balaban J connectivity index is 2.15. The van der Waals surface area contributed by atoms with E-state index in [9.17, 15) is 4.79 Å². The SMILES string of the molecule is NC(=O)c1cccc(NCc2ccncc2)c1N. The van der Waals surface area contributed by atoms with Crippen LogP contribution in [0.15, 0.2) is 42.7 Å². The number of rotatable bonds is 4. The van der Waals surface area contributed by atoms with Crippen molar-refractivity contribution in [3.63, 3.8) is 0 Å². The Morgan fingerprint density at radius 2 is 1.94 bits per heavy atom. The molecule has 0 atom stereocenters. The first-order valence-electron chi connectivity index (χ1n) is 5.49. The number of benzene rings is 1. The second kappa shape index (κ2) is 5.18. The van der Waals surface area contributed by atoms with Gasteiger partial charge in [-0.1, -0.05) is 6.07 Å². The van der Waals surface area contributed by atoms with Crippen LogP contribution < -0.4 is 16.8 Å². The summed E-state index contributed by atoms with van der Waals surface area (Å²) in [7, 11) is 0. The van der Waals surface area contributed by atoms with Crippen LogP contribution >= 0.6 is 0 Å². The number of pyridine rings is 1. The molecule has 0 fully saturated rings. The van der Waals surface area contributed by atoms with E-state index in [0.717, 1.165) is 5.56 Å². The Morgan fingerprint density at radius 3 is 2.61 bits per heavy atom. The first-order valence-corrected chi connectivity index (χ1v) is 5.49. The summed E-state index contributed by atoms with van der Waals surface area (Å²) in [5.41, 5.74) is 13.6. The predicted molar refractivity (Wildman–Crippen MR) is 70.9 cm³/mol. The molecular formula is C13H14N4O. The number of nitrogens with one attached hydrogen (secondary N) is 1. The fourth-order valence-corrected chi connectivity index (χ4v) is 1.63. The monoisotopic (exact) mass is 242 g/mol. The molecule has 2 rings (SSSR count). The zero-order chi connectivity index (χ0) is 13.0. The molecule has 5 N–H and O–H groups in total. The van der Waals surface area contributed by atoms with Gasteiger partial charge >= 0.3 is 0 Å². The first-order chi connectivity index (χ1) is 8.68. The molecule has 5 heteroatoms. The van der Waals surface area contributed by atoms with Crippen molar-refractivity contribution in [3.8, 4) is 0 Å². The van der Waals surface area contributed by atoms with Crippen molar-refractivity contribution in [1.82, 2.24) is 4.98 Å². The Hall–Kier alpha value is -2.56. The summed E-state index contributed by atoms with van der Waals surface area (Å²) >= 11 is 0. The lowest BCUT2D eigenvalue weighted by Crippen LogP contribution is -2.14. The van der Waals surface area contributed by atoms with Crippen molar-refractivity contribution < 1.29 is 4.79 Å². The van der Waals surface area contributed by atoms with Gasteiger partial charge in [0.15, 0.2) is 0 Å². The van der Waals surface area contributed by atoms with Gasteiger partial charge in [0, 0.05) is 18.9 Å². The molecule has 0 aliphatic heterocycles. The van der Waals surface area contributed by atoms with Crippen molar-refractivity contribution in [1.29, 1.82) is 0 Å². The maximum absolute atomic E-state index is 11.2. The van der Waals surface area contributed by atoms with Crippen molar-refractivity contribution in [2.24, 2.45) is 5.73 Å². The fourth-order valence-electron chi connectivity index (χ4n) is 1.63. The standard InChI is InChI=1S/C13H14N4O/c14-12-10(13(15)18)2-1-3-11(12)17-8-9-4-6-16-7-5-9/h1-7,17H,8,14H2,(H2,15,18). The normalized spacial score (nSPS) is 10.0. The van der Waals surface area contributed by atoms with Gasteiger partial charge in [-0.3, -0.25) is 9.78 Å². The third-order valence-electron chi connectivity index (χ3n) is 2.60. The molecule has 0 spiro atoms. The van der Waals surface area contributed by atoms with E-state index < -0.39 is 5.91 Å². The number of hydrogen-bond acceptors (Lipinski definition) is 4. The average molecular weight is 242 g/mol. The van der Waals surface area contributed by atoms with E-state index >= 15 is 0 Å². The Morgan fingerprint density at radius 1 is 1.22 bits per heavy atom. The van der Waals surface area contributed by atoms with Crippen molar-refractivity contribution in [2.45, 2.75) is 6.54 Å². The highest BCUT2D eigenvalue weighted by Crippen LogP contribution is 2.22. The van der Waals surface area contributed by atoms with Crippen LogP contribution in [-0.2, 0) is 6.54 Å². The number of aromatic nitrogens is 1. The third-order valence-corrected chi connectivity index (χ3v) is 2.60. The maximum Gasteiger partial charge on any atom is 0.250 e. The van der Waals surface area contributed by atoms with Gasteiger partial charge < -0.3 is 16.8 Å². The number of carbonyl (C=O) groups excluding carboxylic acids is 1. The van der Waals surface area contributed by atoms with Crippen LogP contribution in [0.2, 0.25) is 0 Å². The van der Waals surface area contributed by atoms with E-state index in [-0.39, 0.29) is 0 Å². The van der Waals surface area contributed by atoms with Crippen molar-refractivity contribution in [3.05, 3.63) is 53.9 Å². The molecule has 0 saturated carbocycles. The summed E-state index contributed by atoms with van der Waals surface area (Å²) in [6.45, 7) is 0.606. The van der Waals surface area contributed by atoms with Gasteiger partial charge in [-0.25, -0.2) is 0 Å². The summed E-state index contributed by atoms with van der Waals surface area (Å²) in [5, 5.41) is 3.16. The molecule has 0 aliphatic rings. The van der Waals surface area contributed by atoms with Crippen LogP contribution in [0.3, 0.4) is 0 Å².